The van der Waals surface area contributed by atoms with Crippen LogP contribution in [-0.4, -0.2) is 40.7 Å². The average molecular weight is 311 g/mol. The monoisotopic (exact) mass is 311 g/mol. The van der Waals surface area contributed by atoms with Crippen LogP contribution in [0.1, 0.15) is 43.3 Å². The van der Waals surface area contributed by atoms with Crippen LogP contribution in [0.15, 0.2) is 5.38 Å². The van der Waals surface area contributed by atoms with Gasteiger partial charge < -0.3 is 15.3 Å². The molecule has 0 spiro atoms. The molecule has 0 unspecified atom stereocenters. The molecular weight excluding hydrogens is 286 g/mol. The Kier molecular flexibility index (Phi) is 5.99. The summed E-state index contributed by atoms with van der Waals surface area (Å²) in [6.07, 6.45) is 4.90. The molecule has 21 heavy (non-hydrogen) atoms. The number of aromatic nitrogens is 1. The Bertz CT molecular complexity index is 456. The zero-order chi connectivity index (χ0) is 15.2. The van der Waals surface area contributed by atoms with E-state index in [-0.39, 0.29) is 18.7 Å². The molecule has 0 aliphatic heterocycles. The lowest BCUT2D eigenvalue weighted by molar-refractivity contribution is 0.134. The Labute approximate surface area is 130 Å². The van der Waals surface area contributed by atoms with Gasteiger partial charge >= 0.3 is 6.03 Å². The Morgan fingerprint density at radius 1 is 1.48 bits per heavy atom. The van der Waals surface area contributed by atoms with E-state index in [2.05, 4.69) is 17.2 Å². The highest BCUT2D eigenvalue weighted by molar-refractivity contribution is 7.09. The second kappa shape index (κ2) is 7.75. The van der Waals surface area contributed by atoms with Crippen LogP contribution >= 0.6 is 11.3 Å². The number of aliphatic hydroxyl groups is 1. The van der Waals surface area contributed by atoms with Gasteiger partial charge in [0.15, 0.2) is 0 Å². The maximum absolute atomic E-state index is 12.2. The minimum atomic E-state index is -0.0338. The predicted molar refractivity (Wildman–Crippen MR) is 84.3 cm³/mol. The number of amides is 2. The third-order valence-corrected chi connectivity index (χ3v) is 5.31. The van der Waals surface area contributed by atoms with Crippen molar-refractivity contribution in [3.8, 4) is 0 Å². The molecule has 0 saturated heterocycles. The van der Waals surface area contributed by atoms with Gasteiger partial charge in [0.1, 0.15) is 0 Å². The molecule has 0 bridgehead atoms. The Morgan fingerprint density at radius 2 is 2.19 bits per heavy atom. The number of aliphatic hydroxyl groups excluding tert-OH is 1. The van der Waals surface area contributed by atoms with Crippen molar-refractivity contribution in [3.05, 3.63) is 16.1 Å². The van der Waals surface area contributed by atoms with Crippen molar-refractivity contribution >= 4 is 17.4 Å². The zero-order valence-corrected chi connectivity index (χ0v) is 13.7. The van der Waals surface area contributed by atoms with Crippen LogP contribution in [0.5, 0.6) is 0 Å². The first kappa shape index (κ1) is 16.2. The second-order valence-electron chi connectivity index (χ2n) is 5.71. The number of carbonyl (C=O) groups is 1. The molecule has 1 aromatic rings. The first-order valence-electron chi connectivity index (χ1n) is 7.68. The summed E-state index contributed by atoms with van der Waals surface area (Å²) in [5, 5.41) is 15.2. The first-order valence-corrected chi connectivity index (χ1v) is 8.56. The quantitative estimate of drug-likeness (QED) is 0.877. The highest BCUT2D eigenvalue weighted by Crippen LogP contribution is 2.26. The Morgan fingerprint density at radius 3 is 2.76 bits per heavy atom. The Balaban J connectivity index is 1.77. The lowest BCUT2D eigenvalue weighted by Gasteiger charge is -2.34. The van der Waals surface area contributed by atoms with E-state index >= 15 is 0 Å². The minimum absolute atomic E-state index is 0.0338. The lowest BCUT2D eigenvalue weighted by Crippen LogP contribution is -2.45. The van der Waals surface area contributed by atoms with Gasteiger partial charge in [0.05, 0.1) is 17.2 Å². The molecule has 1 heterocycles. The first-order chi connectivity index (χ1) is 10.1. The van der Waals surface area contributed by atoms with Crippen LogP contribution in [0.2, 0.25) is 0 Å². The van der Waals surface area contributed by atoms with Gasteiger partial charge in [-0.3, -0.25) is 0 Å². The fourth-order valence-corrected chi connectivity index (χ4v) is 3.51. The molecule has 0 radical (unpaired) electrons. The number of rotatable bonds is 5. The maximum Gasteiger partial charge on any atom is 0.317 e. The van der Waals surface area contributed by atoms with Crippen LogP contribution in [0.3, 0.4) is 0 Å². The molecule has 0 aromatic carbocycles. The van der Waals surface area contributed by atoms with E-state index in [0.717, 1.165) is 42.8 Å². The van der Waals surface area contributed by atoms with E-state index in [1.807, 2.05) is 12.4 Å². The van der Waals surface area contributed by atoms with Crippen molar-refractivity contribution in [1.82, 2.24) is 15.2 Å². The van der Waals surface area contributed by atoms with Gasteiger partial charge in [0, 0.05) is 25.1 Å². The highest BCUT2D eigenvalue weighted by atomic mass is 32.1. The Hall–Kier alpha value is -1.14. The van der Waals surface area contributed by atoms with Gasteiger partial charge in [0.2, 0.25) is 0 Å². The van der Waals surface area contributed by atoms with E-state index < -0.39 is 0 Å². The molecule has 118 valence electrons. The highest BCUT2D eigenvalue weighted by Gasteiger charge is 2.26. The molecule has 1 saturated carbocycles. The summed E-state index contributed by atoms with van der Waals surface area (Å²) in [7, 11) is 1.86. The number of aryl methyl sites for hydroxylation is 1. The molecule has 1 aliphatic rings. The zero-order valence-electron chi connectivity index (χ0n) is 12.8. The molecule has 2 amide bonds. The predicted octanol–water partition coefficient (Wildman–Crippen LogP) is 2.40. The summed E-state index contributed by atoms with van der Waals surface area (Å²) in [5.74, 6) is 0.417. The number of nitrogens with zero attached hydrogens (tertiary/aromatic N) is 2. The number of carbonyl (C=O) groups excluding carboxylic acids is 1. The van der Waals surface area contributed by atoms with Crippen LogP contribution in [-0.2, 0) is 13.0 Å². The third kappa shape index (κ3) is 4.41. The standard InChI is InChI=1S/C15H25N3O2S/c1-3-14-17-12(10-21-14)8-16-15(20)18(2)13-6-4-11(9-19)5-7-13/h10-11,13,19H,3-9H2,1-2H3,(H,16,20). The van der Waals surface area contributed by atoms with E-state index in [9.17, 15) is 4.79 Å². The maximum atomic E-state index is 12.2. The van der Waals surface area contributed by atoms with Gasteiger partial charge in [-0.05, 0) is 38.0 Å². The second-order valence-corrected chi connectivity index (χ2v) is 6.66. The molecular formula is C15H25N3O2S. The summed E-state index contributed by atoms with van der Waals surface area (Å²) in [5.41, 5.74) is 0.933. The largest absolute Gasteiger partial charge is 0.396 e. The lowest BCUT2D eigenvalue weighted by atomic mass is 9.86. The van der Waals surface area contributed by atoms with E-state index in [0.29, 0.717) is 12.5 Å². The van der Waals surface area contributed by atoms with E-state index in [4.69, 9.17) is 5.11 Å². The van der Waals surface area contributed by atoms with E-state index in [1.165, 1.54) is 0 Å². The molecule has 5 nitrogen and oxygen atoms in total. The summed E-state index contributed by atoms with van der Waals surface area (Å²) in [4.78, 5) is 18.4. The summed E-state index contributed by atoms with van der Waals surface area (Å²) in [6, 6.07) is 0.253. The normalized spacial score (nSPS) is 22.0. The van der Waals surface area contributed by atoms with Crippen LogP contribution < -0.4 is 5.32 Å². The fourth-order valence-electron chi connectivity index (χ4n) is 2.76. The molecule has 2 rings (SSSR count). The third-order valence-electron chi connectivity index (χ3n) is 4.27. The molecule has 1 fully saturated rings. The van der Waals surface area contributed by atoms with E-state index in [1.54, 1.807) is 16.2 Å². The average Bonchev–Trinajstić information content (AvgIpc) is 3.00. The number of urea groups is 1. The SMILES string of the molecule is CCc1nc(CNC(=O)N(C)C2CCC(CO)CC2)cs1. The van der Waals surface area contributed by atoms with Gasteiger partial charge in [-0.1, -0.05) is 6.92 Å². The number of thiazole rings is 1. The summed E-state index contributed by atoms with van der Waals surface area (Å²) in [6.45, 7) is 2.84. The van der Waals surface area contributed by atoms with Crippen molar-refractivity contribution in [2.75, 3.05) is 13.7 Å². The number of hydrogen-bond acceptors (Lipinski definition) is 4. The van der Waals surface area contributed by atoms with Crippen LogP contribution in [0, 0.1) is 5.92 Å². The van der Waals surface area contributed by atoms with Crippen molar-refractivity contribution in [3.63, 3.8) is 0 Å². The van der Waals surface area contributed by atoms with Crippen molar-refractivity contribution in [2.24, 2.45) is 5.92 Å². The molecule has 0 atom stereocenters. The van der Waals surface area contributed by atoms with Crippen molar-refractivity contribution in [1.29, 1.82) is 0 Å². The van der Waals surface area contributed by atoms with Crippen molar-refractivity contribution < 1.29 is 9.90 Å². The number of hydrogen-bond donors (Lipinski definition) is 2. The van der Waals surface area contributed by atoms with Gasteiger partial charge in [-0.25, -0.2) is 9.78 Å². The molecule has 2 N–H and O–H groups in total. The molecule has 1 aromatic heterocycles. The topological polar surface area (TPSA) is 65.5 Å². The van der Waals surface area contributed by atoms with Crippen LogP contribution in [0.25, 0.3) is 0 Å². The summed E-state index contributed by atoms with van der Waals surface area (Å²) >= 11 is 1.64. The number of nitrogens with one attached hydrogen (secondary N) is 1. The van der Waals surface area contributed by atoms with Crippen molar-refractivity contribution in [2.45, 2.75) is 51.6 Å². The molecule has 6 heteroatoms. The fraction of sp³-hybridized carbons (Fsp3) is 0.733. The molecule has 1 aliphatic carbocycles. The van der Waals surface area contributed by atoms with Gasteiger partial charge in [-0.2, -0.15) is 0 Å². The smallest absolute Gasteiger partial charge is 0.317 e. The van der Waals surface area contributed by atoms with Gasteiger partial charge in [0.25, 0.3) is 0 Å². The van der Waals surface area contributed by atoms with Gasteiger partial charge in [-0.15, -0.1) is 11.3 Å². The summed E-state index contributed by atoms with van der Waals surface area (Å²) < 4.78 is 0. The van der Waals surface area contributed by atoms with Crippen LogP contribution in [0.4, 0.5) is 4.79 Å². The minimum Gasteiger partial charge on any atom is -0.396 e.